The number of piperazine rings is 1. The first-order valence-electron chi connectivity index (χ1n) is 8.77. The number of anilines is 1. The Hall–Kier alpha value is -2.42. The molecule has 1 aliphatic rings. The molecule has 0 aliphatic carbocycles. The number of nitrogens with one attached hydrogen (secondary N) is 2. The van der Waals surface area contributed by atoms with Gasteiger partial charge in [0, 0.05) is 5.56 Å². The summed E-state index contributed by atoms with van der Waals surface area (Å²) in [5, 5.41) is 2.75. The van der Waals surface area contributed by atoms with Gasteiger partial charge in [-0.25, -0.2) is 8.42 Å². The highest BCUT2D eigenvalue weighted by Crippen LogP contribution is 2.29. The number of likely N-dealkylation sites (N-methyl/N-ethyl adjacent to an activating group) is 1. The summed E-state index contributed by atoms with van der Waals surface area (Å²) in [5.74, 6) is 0.0766. The Morgan fingerprint density at radius 2 is 1.78 bits per heavy atom. The summed E-state index contributed by atoms with van der Waals surface area (Å²) in [5.41, 5.74) is 0.807. The van der Waals surface area contributed by atoms with Crippen molar-refractivity contribution in [1.29, 1.82) is 0 Å². The monoisotopic (exact) mass is 390 g/mol. The van der Waals surface area contributed by atoms with Crippen molar-refractivity contribution in [3.8, 4) is 5.75 Å². The Morgan fingerprint density at radius 3 is 2.41 bits per heavy atom. The summed E-state index contributed by atoms with van der Waals surface area (Å²) in [6, 6.07) is 13.3. The summed E-state index contributed by atoms with van der Waals surface area (Å²) in [6.07, 6.45) is 0. The molecular weight excluding hydrogens is 366 g/mol. The molecule has 0 aromatic heterocycles. The van der Waals surface area contributed by atoms with Crippen LogP contribution in [0.25, 0.3) is 0 Å². The average molecular weight is 390 g/mol. The lowest BCUT2D eigenvalue weighted by Gasteiger charge is -2.29. The topological polar surface area (TPSA) is 80.2 Å². The van der Waals surface area contributed by atoms with E-state index >= 15 is 0 Å². The second-order valence-electron chi connectivity index (χ2n) is 6.54. The molecule has 27 heavy (non-hydrogen) atoms. The smallest absolute Gasteiger partial charge is 0.255 e. The van der Waals surface area contributed by atoms with Crippen LogP contribution in [0.3, 0.4) is 0 Å². The summed E-state index contributed by atoms with van der Waals surface area (Å²) < 4.78 is 32.7. The highest BCUT2D eigenvalue weighted by atomic mass is 32.2. The predicted octanol–water partition coefficient (Wildman–Crippen LogP) is 0.467. The van der Waals surface area contributed by atoms with Gasteiger partial charge in [0.1, 0.15) is 5.75 Å². The zero-order chi connectivity index (χ0) is 19.4. The number of rotatable bonds is 5. The van der Waals surface area contributed by atoms with Crippen LogP contribution in [-0.4, -0.2) is 59.0 Å². The van der Waals surface area contributed by atoms with Crippen LogP contribution in [0.4, 0.5) is 5.69 Å². The van der Waals surface area contributed by atoms with Gasteiger partial charge in [-0.05, 0) is 30.3 Å². The minimum Gasteiger partial charge on any atom is -0.495 e. The molecule has 0 atom stereocenters. The van der Waals surface area contributed by atoms with Gasteiger partial charge in [-0.3, -0.25) is 4.79 Å². The number of hydrogen-bond acceptors (Lipinski definition) is 4. The lowest BCUT2D eigenvalue weighted by atomic mass is 10.2. The molecule has 0 radical (unpaired) electrons. The van der Waals surface area contributed by atoms with Crippen LogP contribution in [-0.2, 0) is 10.0 Å². The minimum absolute atomic E-state index is 0.145. The molecule has 1 heterocycles. The molecule has 0 unspecified atom stereocenters. The molecule has 8 heteroatoms. The maximum Gasteiger partial charge on any atom is 0.255 e. The Labute approximate surface area is 159 Å². The molecule has 0 saturated carbocycles. The zero-order valence-electron chi connectivity index (χ0n) is 15.4. The van der Waals surface area contributed by atoms with Gasteiger partial charge in [0.2, 0.25) is 10.0 Å². The lowest BCUT2D eigenvalue weighted by molar-refractivity contribution is -0.883. The maximum atomic E-state index is 13.0. The van der Waals surface area contributed by atoms with Crippen molar-refractivity contribution in [2.24, 2.45) is 0 Å². The van der Waals surface area contributed by atoms with Crippen molar-refractivity contribution in [1.82, 2.24) is 4.31 Å². The first-order chi connectivity index (χ1) is 12.9. The molecule has 1 amide bonds. The molecule has 0 spiro atoms. The molecule has 144 valence electrons. The van der Waals surface area contributed by atoms with E-state index in [1.807, 2.05) is 6.07 Å². The van der Waals surface area contributed by atoms with E-state index in [0.29, 0.717) is 30.1 Å². The van der Waals surface area contributed by atoms with Gasteiger partial charge in [-0.1, -0.05) is 18.2 Å². The molecule has 1 fully saturated rings. The molecule has 0 bridgehead atoms. The van der Waals surface area contributed by atoms with Crippen molar-refractivity contribution in [3.63, 3.8) is 0 Å². The third kappa shape index (κ3) is 4.29. The highest BCUT2D eigenvalue weighted by Gasteiger charge is 2.29. The number of quaternary nitrogens is 1. The Bertz CT molecular complexity index is 908. The van der Waals surface area contributed by atoms with E-state index in [0.717, 1.165) is 13.1 Å². The van der Waals surface area contributed by atoms with Gasteiger partial charge in [-0.15, -0.1) is 0 Å². The van der Waals surface area contributed by atoms with E-state index in [2.05, 4.69) is 12.4 Å². The van der Waals surface area contributed by atoms with E-state index in [1.165, 1.54) is 28.4 Å². The van der Waals surface area contributed by atoms with Crippen molar-refractivity contribution in [2.75, 3.05) is 45.7 Å². The van der Waals surface area contributed by atoms with Crippen LogP contribution in [0.1, 0.15) is 10.4 Å². The minimum atomic E-state index is -3.62. The summed E-state index contributed by atoms with van der Waals surface area (Å²) in [4.78, 5) is 13.9. The second-order valence-corrected chi connectivity index (χ2v) is 8.48. The number of nitrogens with zero attached hydrogens (tertiary/aromatic N) is 1. The van der Waals surface area contributed by atoms with Crippen molar-refractivity contribution >= 4 is 21.6 Å². The van der Waals surface area contributed by atoms with Crippen LogP contribution in [0, 0.1) is 0 Å². The fraction of sp³-hybridized carbons (Fsp3) is 0.316. The van der Waals surface area contributed by atoms with Crippen LogP contribution in [0.2, 0.25) is 0 Å². The summed E-state index contributed by atoms with van der Waals surface area (Å²) in [7, 11) is -0.0930. The van der Waals surface area contributed by atoms with E-state index in [-0.39, 0.29) is 10.8 Å². The molecule has 2 aromatic carbocycles. The number of hydrogen-bond donors (Lipinski definition) is 2. The van der Waals surface area contributed by atoms with E-state index in [4.69, 9.17) is 4.74 Å². The molecule has 7 nitrogen and oxygen atoms in total. The van der Waals surface area contributed by atoms with Gasteiger partial charge in [0.15, 0.2) is 0 Å². The predicted molar refractivity (Wildman–Crippen MR) is 103 cm³/mol. The normalized spacial score (nSPS) is 16.1. The number of ether oxygens (including phenoxy) is 1. The fourth-order valence-electron chi connectivity index (χ4n) is 2.99. The maximum absolute atomic E-state index is 13.0. The van der Waals surface area contributed by atoms with Crippen molar-refractivity contribution in [2.45, 2.75) is 4.90 Å². The third-order valence-corrected chi connectivity index (χ3v) is 6.56. The van der Waals surface area contributed by atoms with Crippen molar-refractivity contribution in [3.05, 3.63) is 54.1 Å². The highest BCUT2D eigenvalue weighted by molar-refractivity contribution is 7.89. The number of carbonyl (C=O) groups is 1. The SMILES string of the molecule is COc1ccc(S(=O)(=O)N2CC[NH+](C)CC2)cc1NC(=O)c1ccccc1. The van der Waals surface area contributed by atoms with Gasteiger partial charge in [-0.2, -0.15) is 4.31 Å². The number of benzene rings is 2. The van der Waals surface area contributed by atoms with Crippen molar-refractivity contribution < 1.29 is 22.8 Å². The van der Waals surface area contributed by atoms with E-state index in [9.17, 15) is 13.2 Å². The van der Waals surface area contributed by atoms with E-state index < -0.39 is 10.0 Å². The van der Waals surface area contributed by atoms with Crippen LogP contribution < -0.4 is 15.0 Å². The van der Waals surface area contributed by atoms with Gasteiger partial charge >= 0.3 is 0 Å². The number of amides is 1. The summed E-state index contributed by atoms with van der Waals surface area (Å²) >= 11 is 0. The number of methoxy groups -OCH3 is 1. The second kappa shape index (κ2) is 8.08. The van der Waals surface area contributed by atoms with Crippen LogP contribution in [0.15, 0.2) is 53.4 Å². The Kier molecular flexibility index (Phi) is 5.79. The van der Waals surface area contributed by atoms with Gasteiger partial charge in [0.05, 0.1) is 50.9 Å². The largest absolute Gasteiger partial charge is 0.495 e. The lowest BCUT2D eigenvalue weighted by Crippen LogP contribution is -3.12. The van der Waals surface area contributed by atoms with Gasteiger partial charge < -0.3 is 15.0 Å². The Morgan fingerprint density at radius 1 is 1.11 bits per heavy atom. The van der Waals surface area contributed by atoms with Crippen LogP contribution >= 0.6 is 0 Å². The molecule has 1 aliphatic heterocycles. The number of sulfonamides is 1. The third-order valence-electron chi connectivity index (χ3n) is 4.67. The standard InChI is InChI=1S/C19H23N3O4S/c1-21-10-12-22(13-11-21)27(24,25)16-8-9-18(26-2)17(14-16)20-19(23)15-6-4-3-5-7-15/h3-9,14H,10-13H2,1-2H3,(H,20,23)/p+1. The number of carbonyl (C=O) groups excluding carboxylic acids is 1. The first-order valence-corrected chi connectivity index (χ1v) is 10.2. The van der Waals surface area contributed by atoms with Gasteiger partial charge in [0.25, 0.3) is 5.91 Å². The average Bonchev–Trinajstić information content (AvgIpc) is 2.69. The zero-order valence-corrected chi connectivity index (χ0v) is 16.3. The summed E-state index contributed by atoms with van der Waals surface area (Å²) in [6.45, 7) is 2.50. The van der Waals surface area contributed by atoms with E-state index in [1.54, 1.807) is 30.3 Å². The fourth-order valence-corrected chi connectivity index (χ4v) is 4.45. The Balaban J connectivity index is 1.88. The molecule has 3 rings (SSSR count). The molecule has 2 aromatic rings. The quantitative estimate of drug-likeness (QED) is 0.778. The molecule has 1 saturated heterocycles. The van der Waals surface area contributed by atoms with Crippen LogP contribution in [0.5, 0.6) is 5.75 Å². The molecule has 2 N–H and O–H groups in total. The first kappa shape index (κ1) is 19.3. The molecular formula is C19H24N3O4S+.